The van der Waals surface area contributed by atoms with Crippen molar-refractivity contribution in [3.8, 4) is 0 Å². The number of aliphatic hydroxyl groups excluding tert-OH is 2. The fourth-order valence-corrected chi connectivity index (χ4v) is 6.00. The quantitative estimate of drug-likeness (QED) is 0.577. The Morgan fingerprint density at radius 1 is 1.06 bits per heavy atom. The van der Waals surface area contributed by atoms with Gasteiger partial charge in [-0.05, 0) is 67.9 Å². The molecule has 2 fully saturated rings. The first-order valence-electron chi connectivity index (χ1n) is 12.6. The van der Waals surface area contributed by atoms with E-state index in [1.807, 2.05) is 23.2 Å². The van der Waals surface area contributed by atoms with Gasteiger partial charge in [-0.3, -0.25) is 14.8 Å². The summed E-state index contributed by atoms with van der Waals surface area (Å²) in [5.41, 5.74) is 5.75. The average Bonchev–Trinajstić information content (AvgIpc) is 3.67. The zero-order valence-electron chi connectivity index (χ0n) is 19.4. The Bertz CT molecular complexity index is 1220. The minimum absolute atomic E-state index is 0.0220. The number of amides is 1. The van der Waals surface area contributed by atoms with Crippen LogP contribution in [0.15, 0.2) is 42.7 Å². The smallest absolute Gasteiger partial charge is 0.255 e. The highest BCUT2D eigenvalue weighted by molar-refractivity contribution is 6.05. The number of benzene rings is 1. The van der Waals surface area contributed by atoms with Crippen LogP contribution < -0.4 is 0 Å². The molecule has 3 atom stereocenters. The minimum atomic E-state index is -0.525. The maximum Gasteiger partial charge on any atom is 0.255 e. The van der Waals surface area contributed by atoms with E-state index in [-0.39, 0.29) is 24.6 Å². The third kappa shape index (κ3) is 3.69. The van der Waals surface area contributed by atoms with Crippen molar-refractivity contribution >= 4 is 16.8 Å². The highest BCUT2D eigenvalue weighted by Gasteiger charge is 2.44. The molecule has 0 saturated heterocycles. The molecule has 2 N–H and O–H groups in total. The maximum atomic E-state index is 13.8. The predicted molar refractivity (Wildman–Crippen MR) is 130 cm³/mol. The SMILES string of the molecule is O=C1c2cc(Cc3ccc(C4CC4)nc3)c3cccnc3c2C(CCO)N1C1CCCC[C@@H]1O. The molecule has 1 aliphatic heterocycles. The zero-order chi connectivity index (χ0) is 23.2. The molecular weight excluding hydrogens is 426 g/mol. The molecule has 3 aromatic rings. The first-order chi connectivity index (χ1) is 16.7. The van der Waals surface area contributed by atoms with E-state index >= 15 is 0 Å². The lowest BCUT2D eigenvalue weighted by Crippen LogP contribution is -2.47. The van der Waals surface area contributed by atoms with Crippen LogP contribution in [0.3, 0.4) is 0 Å². The van der Waals surface area contributed by atoms with Crippen molar-refractivity contribution in [1.29, 1.82) is 0 Å². The van der Waals surface area contributed by atoms with Crippen molar-refractivity contribution in [1.82, 2.24) is 14.9 Å². The van der Waals surface area contributed by atoms with Gasteiger partial charge in [-0.2, -0.15) is 0 Å². The van der Waals surface area contributed by atoms with Crippen molar-refractivity contribution in [2.24, 2.45) is 0 Å². The number of pyridine rings is 2. The molecule has 2 saturated carbocycles. The number of aromatic nitrogens is 2. The highest BCUT2D eigenvalue weighted by atomic mass is 16.3. The number of hydrogen-bond donors (Lipinski definition) is 2. The van der Waals surface area contributed by atoms with Crippen LogP contribution in [0.25, 0.3) is 10.9 Å². The Hall–Kier alpha value is -2.83. The summed E-state index contributed by atoms with van der Waals surface area (Å²) in [6.45, 7) is -0.0220. The summed E-state index contributed by atoms with van der Waals surface area (Å²) in [6, 6.07) is 9.83. The summed E-state index contributed by atoms with van der Waals surface area (Å²) in [5, 5.41) is 21.7. The summed E-state index contributed by atoms with van der Waals surface area (Å²) in [7, 11) is 0. The van der Waals surface area contributed by atoms with Gasteiger partial charge in [0, 0.05) is 47.1 Å². The van der Waals surface area contributed by atoms with E-state index < -0.39 is 6.10 Å². The van der Waals surface area contributed by atoms with Gasteiger partial charge in [-0.15, -0.1) is 0 Å². The molecule has 2 unspecified atom stereocenters. The molecule has 1 amide bonds. The van der Waals surface area contributed by atoms with Crippen LogP contribution in [-0.4, -0.2) is 49.7 Å². The Morgan fingerprint density at radius 2 is 1.91 bits per heavy atom. The van der Waals surface area contributed by atoms with Crippen LogP contribution in [0.2, 0.25) is 0 Å². The number of nitrogens with zero attached hydrogens (tertiary/aromatic N) is 3. The molecule has 6 rings (SSSR count). The summed E-state index contributed by atoms with van der Waals surface area (Å²) < 4.78 is 0. The summed E-state index contributed by atoms with van der Waals surface area (Å²) in [4.78, 5) is 25.1. The molecule has 6 nitrogen and oxygen atoms in total. The molecule has 0 bridgehead atoms. The lowest BCUT2D eigenvalue weighted by molar-refractivity contribution is 0.00381. The largest absolute Gasteiger partial charge is 0.396 e. The minimum Gasteiger partial charge on any atom is -0.396 e. The van der Waals surface area contributed by atoms with Crippen LogP contribution in [0.5, 0.6) is 0 Å². The van der Waals surface area contributed by atoms with Crippen LogP contribution in [0.4, 0.5) is 0 Å². The van der Waals surface area contributed by atoms with Gasteiger partial charge in [0.2, 0.25) is 0 Å². The third-order valence-corrected chi connectivity index (χ3v) is 7.84. The van der Waals surface area contributed by atoms with Crippen LogP contribution >= 0.6 is 0 Å². The Balaban J connectivity index is 1.43. The molecule has 34 heavy (non-hydrogen) atoms. The van der Waals surface area contributed by atoms with Gasteiger partial charge < -0.3 is 15.1 Å². The average molecular weight is 458 g/mol. The lowest BCUT2D eigenvalue weighted by atomic mass is 9.89. The molecule has 2 aromatic heterocycles. The van der Waals surface area contributed by atoms with Gasteiger partial charge in [0.15, 0.2) is 0 Å². The fraction of sp³-hybridized carbons (Fsp3) is 0.464. The van der Waals surface area contributed by atoms with Gasteiger partial charge >= 0.3 is 0 Å². The standard InChI is InChI=1S/C28H31N3O3/c32-13-11-24-26-21(28(34)31(24)23-5-1-2-6-25(23)33)15-19(20-4-3-12-29-27(20)26)14-17-7-10-22(30-16-17)18-8-9-18/h3-4,7,10,12,15-16,18,23-25,32-33H,1-2,5-6,8-9,11,13-14H2/t23?,24?,25-/m0/s1. The number of carbonyl (C=O) groups excluding carboxylic acids is 1. The number of carbonyl (C=O) groups is 1. The molecule has 3 aliphatic rings. The summed E-state index contributed by atoms with van der Waals surface area (Å²) >= 11 is 0. The normalized spacial score (nSPS) is 24.6. The molecule has 176 valence electrons. The van der Waals surface area contributed by atoms with Crippen LogP contribution in [0.1, 0.15) is 89.6 Å². The van der Waals surface area contributed by atoms with Gasteiger partial charge in [-0.25, -0.2) is 0 Å². The monoisotopic (exact) mass is 457 g/mol. The maximum absolute atomic E-state index is 13.8. The number of hydrogen-bond acceptors (Lipinski definition) is 5. The van der Waals surface area contributed by atoms with E-state index in [0.717, 1.165) is 46.9 Å². The van der Waals surface area contributed by atoms with Crippen molar-refractivity contribution < 1.29 is 15.0 Å². The van der Waals surface area contributed by atoms with Crippen molar-refractivity contribution in [2.45, 2.75) is 75.5 Å². The number of aliphatic hydroxyl groups is 2. The van der Waals surface area contributed by atoms with E-state index in [1.165, 1.54) is 18.5 Å². The molecule has 1 aromatic carbocycles. The second-order valence-corrected chi connectivity index (χ2v) is 10.1. The zero-order valence-corrected chi connectivity index (χ0v) is 19.4. The Morgan fingerprint density at radius 3 is 2.65 bits per heavy atom. The van der Waals surface area contributed by atoms with Crippen molar-refractivity contribution in [2.75, 3.05) is 6.61 Å². The first-order valence-corrected chi connectivity index (χ1v) is 12.6. The lowest BCUT2D eigenvalue weighted by Gasteiger charge is -2.38. The van der Waals surface area contributed by atoms with Crippen molar-refractivity contribution in [3.63, 3.8) is 0 Å². The topological polar surface area (TPSA) is 86.5 Å². The predicted octanol–water partition coefficient (Wildman–Crippen LogP) is 4.28. The number of rotatable bonds is 6. The van der Waals surface area contributed by atoms with Crippen molar-refractivity contribution in [3.05, 3.63) is 70.7 Å². The summed E-state index contributed by atoms with van der Waals surface area (Å²) in [6.07, 6.45) is 10.3. The van der Waals surface area contributed by atoms with Gasteiger partial charge in [0.05, 0.1) is 23.7 Å². The fourth-order valence-electron chi connectivity index (χ4n) is 6.00. The van der Waals surface area contributed by atoms with E-state index in [2.05, 4.69) is 23.2 Å². The molecule has 0 spiro atoms. The third-order valence-electron chi connectivity index (χ3n) is 7.84. The molecule has 0 radical (unpaired) electrons. The van der Waals surface area contributed by atoms with E-state index in [0.29, 0.717) is 30.7 Å². The Kier molecular flexibility index (Phi) is 5.58. The van der Waals surface area contributed by atoms with E-state index in [1.54, 1.807) is 6.20 Å². The molecule has 2 aliphatic carbocycles. The Labute approximate surface area is 199 Å². The molecule has 6 heteroatoms. The van der Waals surface area contributed by atoms with Gasteiger partial charge in [0.1, 0.15) is 0 Å². The van der Waals surface area contributed by atoms with Crippen LogP contribution in [-0.2, 0) is 6.42 Å². The van der Waals surface area contributed by atoms with E-state index in [4.69, 9.17) is 4.98 Å². The van der Waals surface area contributed by atoms with Gasteiger partial charge in [-0.1, -0.05) is 25.0 Å². The second kappa shape index (κ2) is 8.75. The molecular formula is C28H31N3O3. The number of fused-ring (bicyclic) bond motifs is 3. The van der Waals surface area contributed by atoms with Gasteiger partial charge in [0.25, 0.3) is 5.91 Å². The second-order valence-electron chi connectivity index (χ2n) is 10.1. The van der Waals surface area contributed by atoms with E-state index in [9.17, 15) is 15.0 Å². The summed E-state index contributed by atoms with van der Waals surface area (Å²) in [5.74, 6) is 0.580. The highest BCUT2D eigenvalue weighted by Crippen LogP contribution is 2.44. The first kappa shape index (κ1) is 21.7. The van der Waals surface area contributed by atoms with Crippen LogP contribution in [0, 0.1) is 0 Å². The molecule has 3 heterocycles.